The molecule has 4 rings (SSSR count). The summed E-state index contributed by atoms with van der Waals surface area (Å²) in [7, 11) is 1.25. The Hall–Kier alpha value is -3.26. The minimum Gasteiger partial charge on any atom is -0.382 e. The van der Waals surface area contributed by atoms with Crippen LogP contribution < -0.4 is 15.7 Å². The molecule has 2 aliphatic rings. The zero-order chi connectivity index (χ0) is 29.6. The predicted octanol–water partition coefficient (Wildman–Crippen LogP) is 5.10. The summed E-state index contributed by atoms with van der Waals surface area (Å²) < 4.78 is 78.5. The first kappa shape index (κ1) is 30.7. The monoisotopic (exact) mass is 588 g/mol. The number of amides is 1. The number of nitrogens with zero attached hydrogens (tertiary/aromatic N) is 4. The first-order valence-electron chi connectivity index (χ1n) is 13.5. The third kappa shape index (κ3) is 8.38. The maximum Gasteiger partial charge on any atom is 0.418 e. The van der Waals surface area contributed by atoms with Gasteiger partial charge in [-0.05, 0) is 56.1 Å². The van der Waals surface area contributed by atoms with E-state index in [-0.39, 0.29) is 17.6 Å². The number of rotatable bonds is 9. The van der Waals surface area contributed by atoms with Crippen LogP contribution in [0.2, 0.25) is 0 Å². The number of hydrogen-bond acceptors (Lipinski definition) is 7. The van der Waals surface area contributed by atoms with E-state index in [1.54, 1.807) is 11.0 Å². The van der Waals surface area contributed by atoms with Crippen LogP contribution in [0.1, 0.15) is 36.8 Å². The summed E-state index contributed by atoms with van der Waals surface area (Å²) in [5, 5.41) is 3.16. The van der Waals surface area contributed by atoms with Crippen molar-refractivity contribution in [3.05, 3.63) is 47.7 Å². The topological polar surface area (TPSA) is 73.0 Å². The second-order valence-electron chi connectivity index (χ2n) is 10.2. The molecule has 2 N–H and O–H groups in total. The Labute approximate surface area is 234 Å². The number of piperazine rings is 1. The molecule has 0 aliphatic carbocycles. The van der Waals surface area contributed by atoms with E-state index in [1.165, 1.54) is 19.2 Å². The molecule has 0 saturated carbocycles. The molecule has 226 valence electrons. The Kier molecular flexibility index (Phi) is 9.84. The van der Waals surface area contributed by atoms with Crippen LogP contribution in [-0.4, -0.2) is 79.7 Å². The smallest absolute Gasteiger partial charge is 0.382 e. The van der Waals surface area contributed by atoms with Gasteiger partial charge < -0.3 is 15.1 Å². The lowest BCUT2D eigenvalue weighted by atomic mass is 10.0. The van der Waals surface area contributed by atoms with Gasteiger partial charge in [-0.15, -0.1) is 0 Å². The quantitative estimate of drug-likeness (QED) is 0.312. The van der Waals surface area contributed by atoms with Gasteiger partial charge in [-0.3, -0.25) is 20.0 Å². The average Bonchev–Trinajstić information content (AvgIpc) is 2.94. The molecule has 0 spiro atoms. The number of alkyl halides is 6. The number of aromatic nitrogens is 1. The molecule has 14 heteroatoms. The zero-order valence-electron chi connectivity index (χ0n) is 22.7. The number of halogens is 6. The van der Waals surface area contributed by atoms with Crippen molar-refractivity contribution in [1.82, 2.24) is 14.8 Å². The fourth-order valence-electron chi connectivity index (χ4n) is 5.13. The fourth-order valence-corrected chi connectivity index (χ4v) is 5.13. The zero-order valence-corrected chi connectivity index (χ0v) is 22.7. The SMILES string of the molecule is CONc1ccc(NC2CCN(C(=O)CCCN3CCN(c4ccc(C(F)(F)F)cn4)CC3)CC2)cc1C(F)(F)F. The van der Waals surface area contributed by atoms with Gasteiger partial charge in [0.1, 0.15) is 5.82 Å². The van der Waals surface area contributed by atoms with Crippen molar-refractivity contribution in [3.63, 3.8) is 0 Å². The van der Waals surface area contributed by atoms with Crippen molar-refractivity contribution in [2.24, 2.45) is 0 Å². The molecule has 0 radical (unpaired) electrons. The van der Waals surface area contributed by atoms with Gasteiger partial charge in [0, 0.05) is 63.6 Å². The van der Waals surface area contributed by atoms with E-state index in [1.807, 2.05) is 4.90 Å². The molecule has 1 aromatic heterocycles. The molecule has 1 aromatic carbocycles. The lowest BCUT2D eigenvalue weighted by molar-refractivity contribution is -0.138. The van der Waals surface area contributed by atoms with Crippen LogP contribution in [0.15, 0.2) is 36.5 Å². The molecule has 2 aliphatic heterocycles. The van der Waals surface area contributed by atoms with Crippen molar-refractivity contribution in [3.8, 4) is 0 Å². The lowest BCUT2D eigenvalue weighted by Crippen LogP contribution is -2.47. The highest BCUT2D eigenvalue weighted by molar-refractivity contribution is 5.76. The Morgan fingerprint density at radius 2 is 1.68 bits per heavy atom. The van der Waals surface area contributed by atoms with Gasteiger partial charge >= 0.3 is 12.4 Å². The number of nitrogens with one attached hydrogen (secondary N) is 2. The molecular weight excluding hydrogens is 554 g/mol. The van der Waals surface area contributed by atoms with E-state index in [2.05, 4.69) is 25.5 Å². The molecule has 2 fully saturated rings. The highest BCUT2D eigenvalue weighted by atomic mass is 19.4. The third-order valence-corrected chi connectivity index (χ3v) is 7.39. The molecule has 1 amide bonds. The molecule has 41 heavy (non-hydrogen) atoms. The van der Waals surface area contributed by atoms with Crippen LogP contribution in [0.25, 0.3) is 0 Å². The minimum absolute atomic E-state index is 0.0446. The van der Waals surface area contributed by atoms with Gasteiger partial charge in [0.15, 0.2) is 0 Å². The molecule has 0 atom stereocenters. The van der Waals surface area contributed by atoms with Crippen LogP contribution in [-0.2, 0) is 22.0 Å². The first-order chi connectivity index (χ1) is 19.4. The maximum absolute atomic E-state index is 13.4. The van der Waals surface area contributed by atoms with E-state index >= 15 is 0 Å². The molecule has 2 aromatic rings. The summed E-state index contributed by atoms with van der Waals surface area (Å²) in [4.78, 5) is 27.3. The summed E-state index contributed by atoms with van der Waals surface area (Å²) in [5.74, 6) is 0.581. The van der Waals surface area contributed by atoms with Crippen molar-refractivity contribution in [1.29, 1.82) is 0 Å². The predicted molar refractivity (Wildman–Crippen MR) is 142 cm³/mol. The van der Waals surface area contributed by atoms with E-state index in [4.69, 9.17) is 0 Å². The Morgan fingerprint density at radius 3 is 2.27 bits per heavy atom. The normalized spacial score (nSPS) is 17.5. The van der Waals surface area contributed by atoms with Gasteiger partial charge in [0.25, 0.3) is 0 Å². The van der Waals surface area contributed by atoms with Gasteiger partial charge in [-0.2, -0.15) is 26.3 Å². The number of carbonyl (C=O) groups excluding carboxylic acids is 1. The van der Waals surface area contributed by atoms with Crippen LogP contribution in [0.3, 0.4) is 0 Å². The summed E-state index contributed by atoms with van der Waals surface area (Å²) in [6.07, 6.45) is -5.73. The van der Waals surface area contributed by atoms with Gasteiger partial charge in [-0.25, -0.2) is 4.98 Å². The number of benzene rings is 1. The second-order valence-corrected chi connectivity index (χ2v) is 10.2. The summed E-state index contributed by atoms with van der Waals surface area (Å²) in [6.45, 7) is 4.55. The van der Waals surface area contributed by atoms with E-state index in [0.717, 1.165) is 38.0 Å². The van der Waals surface area contributed by atoms with E-state index < -0.39 is 23.5 Å². The van der Waals surface area contributed by atoms with Crippen LogP contribution in [0.4, 0.5) is 43.5 Å². The lowest BCUT2D eigenvalue weighted by Gasteiger charge is -2.36. The number of pyridine rings is 1. The van der Waals surface area contributed by atoms with E-state index in [9.17, 15) is 31.1 Å². The van der Waals surface area contributed by atoms with Crippen molar-refractivity contribution in [2.45, 2.75) is 44.1 Å². The van der Waals surface area contributed by atoms with Gasteiger partial charge in [0.2, 0.25) is 5.91 Å². The van der Waals surface area contributed by atoms with Crippen LogP contribution in [0.5, 0.6) is 0 Å². The van der Waals surface area contributed by atoms with Crippen molar-refractivity contribution in [2.75, 3.05) is 68.6 Å². The summed E-state index contributed by atoms with van der Waals surface area (Å²) in [5.41, 5.74) is 0.857. The van der Waals surface area contributed by atoms with Crippen molar-refractivity contribution < 1.29 is 36.0 Å². The number of piperidine rings is 1. The Balaban J connectivity index is 1.15. The fraction of sp³-hybridized carbons (Fsp3) is 0.556. The highest BCUT2D eigenvalue weighted by Crippen LogP contribution is 2.37. The molecule has 0 bridgehead atoms. The second kappa shape index (κ2) is 13.1. The largest absolute Gasteiger partial charge is 0.418 e. The van der Waals surface area contributed by atoms with Crippen LogP contribution in [0, 0.1) is 0 Å². The average molecular weight is 589 g/mol. The van der Waals surface area contributed by atoms with Crippen LogP contribution >= 0.6 is 0 Å². The maximum atomic E-state index is 13.4. The van der Waals surface area contributed by atoms with Gasteiger partial charge in [0.05, 0.1) is 23.9 Å². The number of anilines is 3. The standard InChI is InChI=1S/C27H34F6N6O2/c1-41-36-23-6-5-21(17-22(23)27(31,32)33)35-20-8-11-39(12-9-20)25(40)3-2-10-37-13-15-38(16-14-37)24-7-4-19(18-34-24)26(28,29)30/h4-7,17-18,20,35-36H,2-3,8-16H2,1H3. The molecule has 8 nitrogen and oxygen atoms in total. The minimum atomic E-state index is -4.54. The third-order valence-electron chi connectivity index (χ3n) is 7.39. The van der Waals surface area contributed by atoms with Gasteiger partial charge in [-0.1, -0.05) is 0 Å². The number of hydrogen-bond donors (Lipinski definition) is 2. The summed E-state index contributed by atoms with van der Waals surface area (Å²) >= 11 is 0. The Morgan fingerprint density at radius 1 is 0.976 bits per heavy atom. The highest BCUT2D eigenvalue weighted by Gasteiger charge is 2.34. The van der Waals surface area contributed by atoms with E-state index in [0.29, 0.717) is 63.4 Å². The first-order valence-corrected chi connectivity index (χ1v) is 13.5. The molecule has 3 heterocycles. The molecule has 2 saturated heterocycles. The number of likely N-dealkylation sites (tertiary alicyclic amines) is 1. The summed E-state index contributed by atoms with van der Waals surface area (Å²) in [6, 6.07) is 6.33. The molecular formula is C27H34F6N6O2. The van der Waals surface area contributed by atoms with Crippen molar-refractivity contribution >= 4 is 23.1 Å². The molecule has 0 unspecified atom stereocenters. The Bertz CT molecular complexity index is 1140. The number of carbonyl (C=O) groups is 1.